The molecule has 1 N–H and O–H groups in total. The molecule has 0 atom stereocenters. The largest absolute Gasteiger partial charge is 0.488 e. The van der Waals surface area contributed by atoms with Crippen molar-refractivity contribution in [3.05, 3.63) is 76.8 Å². The number of allylic oxidation sites excluding steroid dienone is 1. The molecule has 2 aromatic rings. The fraction of sp³-hybridized carbons (Fsp3) is 0.150. The van der Waals surface area contributed by atoms with Crippen molar-refractivity contribution in [1.82, 2.24) is 0 Å². The van der Waals surface area contributed by atoms with Crippen LogP contribution in [-0.2, 0) is 20.9 Å². The van der Waals surface area contributed by atoms with Crippen LogP contribution in [0.5, 0.6) is 0 Å². The highest BCUT2D eigenvalue weighted by Crippen LogP contribution is 2.38. The predicted octanol–water partition coefficient (Wildman–Crippen LogP) is 3.75. The maximum Gasteiger partial charge on any atom is 0.260 e. The minimum atomic E-state index is -0.384. The van der Waals surface area contributed by atoms with Gasteiger partial charge in [-0.3, -0.25) is 4.79 Å². The number of methoxy groups -OCH3 is 1. The van der Waals surface area contributed by atoms with Crippen molar-refractivity contribution >= 4 is 22.7 Å². The van der Waals surface area contributed by atoms with Crippen LogP contribution >= 0.6 is 0 Å². The highest BCUT2D eigenvalue weighted by molar-refractivity contribution is 6.32. The molecule has 4 rings (SSSR count). The Bertz CT molecular complexity index is 913. The van der Waals surface area contributed by atoms with E-state index in [1.165, 1.54) is 12.1 Å². The summed E-state index contributed by atoms with van der Waals surface area (Å²) in [6, 6.07) is 12.3. The number of anilines is 1. The molecule has 0 saturated carbocycles. The molecular weight excluding hydrogens is 321 g/mol. The normalized spacial score (nSPS) is 18.6. The second-order valence-electron chi connectivity index (χ2n) is 5.97. The quantitative estimate of drug-likeness (QED) is 0.868. The van der Waals surface area contributed by atoms with Crippen LogP contribution in [0.25, 0.3) is 11.1 Å². The van der Waals surface area contributed by atoms with E-state index in [1.807, 2.05) is 30.3 Å². The standard InChI is InChI=1S/C20H16FNO3/c1-24-10-12-2-4-13(5-3-12)14-8-18(25-11-14)19-16-7-6-15(21)9-17(16)22-20(19)23/h2-9H,10-11H2,1H3,(H,22,23)/b19-18+. The molecule has 0 radical (unpaired) electrons. The van der Waals surface area contributed by atoms with E-state index in [2.05, 4.69) is 5.32 Å². The van der Waals surface area contributed by atoms with Gasteiger partial charge in [0.15, 0.2) is 0 Å². The van der Waals surface area contributed by atoms with Crippen molar-refractivity contribution in [1.29, 1.82) is 0 Å². The lowest BCUT2D eigenvalue weighted by Gasteiger charge is -2.04. The summed E-state index contributed by atoms with van der Waals surface area (Å²) in [6.07, 6.45) is 1.87. The summed E-state index contributed by atoms with van der Waals surface area (Å²) < 4.78 is 24.2. The number of halogens is 1. The molecule has 2 heterocycles. The number of carbonyl (C=O) groups is 1. The van der Waals surface area contributed by atoms with Gasteiger partial charge in [-0.2, -0.15) is 0 Å². The van der Waals surface area contributed by atoms with Crippen molar-refractivity contribution < 1.29 is 18.7 Å². The molecule has 4 nitrogen and oxygen atoms in total. The molecule has 25 heavy (non-hydrogen) atoms. The first kappa shape index (κ1) is 15.6. The number of hydrogen-bond donors (Lipinski definition) is 1. The smallest absolute Gasteiger partial charge is 0.260 e. The predicted molar refractivity (Wildman–Crippen MR) is 93.0 cm³/mol. The summed E-state index contributed by atoms with van der Waals surface area (Å²) in [6.45, 7) is 0.963. The fourth-order valence-corrected chi connectivity index (χ4v) is 3.08. The first-order valence-corrected chi connectivity index (χ1v) is 7.93. The molecule has 0 aromatic heterocycles. The van der Waals surface area contributed by atoms with Crippen molar-refractivity contribution in [3.8, 4) is 0 Å². The molecule has 1 amide bonds. The number of ether oxygens (including phenoxy) is 2. The summed E-state index contributed by atoms with van der Waals surface area (Å²) >= 11 is 0. The van der Waals surface area contributed by atoms with E-state index in [1.54, 1.807) is 13.2 Å². The zero-order valence-electron chi connectivity index (χ0n) is 13.6. The van der Waals surface area contributed by atoms with E-state index in [-0.39, 0.29) is 11.7 Å². The average Bonchev–Trinajstić information content (AvgIpc) is 3.19. The molecule has 0 unspecified atom stereocenters. The van der Waals surface area contributed by atoms with Crippen LogP contribution in [0.2, 0.25) is 0 Å². The maximum absolute atomic E-state index is 13.3. The summed E-state index contributed by atoms with van der Waals surface area (Å²) in [7, 11) is 1.66. The summed E-state index contributed by atoms with van der Waals surface area (Å²) in [5.74, 6) is -0.146. The molecule has 0 saturated heterocycles. The van der Waals surface area contributed by atoms with Gasteiger partial charge in [-0.05, 0) is 35.4 Å². The second kappa shape index (κ2) is 6.18. The number of nitrogens with one attached hydrogen (secondary N) is 1. The molecule has 2 aliphatic rings. The van der Waals surface area contributed by atoms with Gasteiger partial charge in [-0.25, -0.2) is 4.39 Å². The number of rotatable bonds is 3. The van der Waals surface area contributed by atoms with E-state index >= 15 is 0 Å². The molecular formula is C20H16FNO3. The monoisotopic (exact) mass is 337 g/mol. The number of benzene rings is 2. The Morgan fingerprint density at radius 1 is 1.20 bits per heavy atom. The SMILES string of the molecule is COCc1ccc(C2=C/C(=C3\C(=O)Nc4cc(F)ccc43)OC2)cc1. The lowest BCUT2D eigenvalue weighted by atomic mass is 10.0. The van der Waals surface area contributed by atoms with E-state index in [4.69, 9.17) is 9.47 Å². The van der Waals surface area contributed by atoms with Gasteiger partial charge in [-0.15, -0.1) is 0 Å². The fourth-order valence-electron chi connectivity index (χ4n) is 3.08. The second-order valence-corrected chi connectivity index (χ2v) is 5.97. The minimum absolute atomic E-state index is 0.274. The van der Waals surface area contributed by atoms with Gasteiger partial charge in [0.05, 0.1) is 17.9 Å². The third-order valence-electron chi connectivity index (χ3n) is 4.30. The summed E-state index contributed by atoms with van der Waals surface area (Å²) in [5.41, 5.74) is 4.70. The molecule has 2 aromatic carbocycles. The van der Waals surface area contributed by atoms with Gasteiger partial charge < -0.3 is 14.8 Å². The molecule has 0 spiro atoms. The Labute approximate surface area is 144 Å². The van der Waals surface area contributed by atoms with Gasteiger partial charge in [0.25, 0.3) is 5.91 Å². The third-order valence-corrected chi connectivity index (χ3v) is 4.30. The molecule has 2 aliphatic heterocycles. The summed E-state index contributed by atoms with van der Waals surface area (Å²) in [5, 5.41) is 2.68. The van der Waals surface area contributed by atoms with Gasteiger partial charge in [0, 0.05) is 18.2 Å². The van der Waals surface area contributed by atoms with Crippen LogP contribution in [-0.4, -0.2) is 19.6 Å². The van der Waals surface area contributed by atoms with E-state index in [0.29, 0.717) is 35.8 Å². The summed E-state index contributed by atoms with van der Waals surface area (Å²) in [4.78, 5) is 12.3. The van der Waals surface area contributed by atoms with E-state index in [0.717, 1.165) is 16.7 Å². The number of carbonyl (C=O) groups excluding carboxylic acids is 1. The highest BCUT2D eigenvalue weighted by Gasteiger charge is 2.30. The number of fused-ring (bicyclic) bond motifs is 1. The van der Waals surface area contributed by atoms with E-state index < -0.39 is 0 Å². The van der Waals surface area contributed by atoms with Crippen molar-refractivity contribution in [2.24, 2.45) is 0 Å². The average molecular weight is 337 g/mol. The molecule has 5 heteroatoms. The number of amides is 1. The van der Waals surface area contributed by atoms with Crippen LogP contribution in [0.15, 0.2) is 54.3 Å². The number of hydrogen-bond acceptors (Lipinski definition) is 3. The van der Waals surface area contributed by atoms with Gasteiger partial charge in [-0.1, -0.05) is 24.3 Å². The Balaban J connectivity index is 1.69. The van der Waals surface area contributed by atoms with Gasteiger partial charge >= 0.3 is 0 Å². The van der Waals surface area contributed by atoms with Crippen LogP contribution < -0.4 is 5.32 Å². The van der Waals surface area contributed by atoms with Crippen LogP contribution in [0.4, 0.5) is 10.1 Å². The molecule has 0 fully saturated rings. The zero-order valence-corrected chi connectivity index (χ0v) is 13.6. The highest BCUT2D eigenvalue weighted by atomic mass is 19.1. The van der Waals surface area contributed by atoms with E-state index in [9.17, 15) is 9.18 Å². The van der Waals surface area contributed by atoms with Crippen molar-refractivity contribution in [2.75, 3.05) is 19.0 Å². The lowest BCUT2D eigenvalue weighted by molar-refractivity contribution is -0.110. The molecule has 0 bridgehead atoms. The van der Waals surface area contributed by atoms with Crippen LogP contribution in [0.1, 0.15) is 16.7 Å². The van der Waals surface area contributed by atoms with Gasteiger partial charge in [0.2, 0.25) is 0 Å². The minimum Gasteiger partial charge on any atom is -0.488 e. The maximum atomic E-state index is 13.3. The van der Waals surface area contributed by atoms with Crippen LogP contribution in [0.3, 0.4) is 0 Å². The zero-order chi connectivity index (χ0) is 17.4. The van der Waals surface area contributed by atoms with Crippen molar-refractivity contribution in [3.63, 3.8) is 0 Å². The lowest BCUT2D eigenvalue weighted by Crippen LogP contribution is -2.05. The third kappa shape index (κ3) is 2.83. The van der Waals surface area contributed by atoms with Gasteiger partial charge in [0.1, 0.15) is 18.2 Å². The van der Waals surface area contributed by atoms with Crippen molar-refractivity contribution in [2.45, 2.75) is 6.61 Å². The topological polar surface area (TPSA) is 47.6 Å². The van der Waals surface area contributed by atoms with Crippen LogP contribution in [0, 0.1) is 5.82 Å². The Morgan fingerprint density at radius 2 is 2.00 bits per heavy atom. The molecule has 126 valence electrons. The first-order valence-electron chi connectivity index (χ1n) is 7.93. The first-order chi connectivity index (χ1) is 12.2. The Kier molecular flexibility index (Phi) is 3.86. The Hall–Kier alpha value is -2.92. The Morgan fingerprint density at radius 3 is 2.76 bits per heavy atom. The molecule has 0 aliphatic carbocycles.